The van der Waals surface area contributed by atoms with Gasteiger partial charge in [-0.15, -0.1) is 0 Å². The molecule has 3 rings (SSSR count). The van der Waals surface area contributed by atoms with Gasteiger partial charge in [-0.2, -0.15) is 0 Å². The molecule has 2 unspecified atom stereocenters. The number of rotatable bonds is 11. The summed E-state index contributed by atoms with van der Waals surface area (Å²) >= 11 is 0. The van der Waals surface area contributed by atoms with Crippen LogP contribution in [0.3, 0.4) is 0 Å². The van der Waals surface area contributed by atoms with Crippen LogP contribution in [0.4, 0.5) is 9.59 Å². The van der Waals surface area contributed by atoms with Gasteiger partial charge in [0.05, 0.1) is 18.7 Å². The van der Waals surface area contributed by atoms with Gasteiger partial charge in [-0.1, -0.05) is 60.7 Å². The molecular formula is C36H45N3O8. The smallest absolute Gasteiger partial charge is 0.408 e. The first-order valence-electron chi connectivity index (χ1n) is 15.3. The molecule has 11 nitrogen and oxygen atoms in total. The highest BCUT2D eigenvalue weighted by Gasteiger charge is 2.26. The lowest BCUT2D eigenvalue weighted by Crippen LogP contribution is -2.43. The van der Waals surface area contributed by atoms with Gasteiger partial charge in [0, 0.05) is 13.0 Å². The highest BCUT2D eigenvalue weighted by atomic mass is 16.6. The van der Waals surface area contributed by atoms with Gasteiger partial charge in [-0.3, -0.25) is 4.79 Å². The van der Waals surface area contributed by atoms with Crippen molar-refractivity contribution in [2.24, 2.45) is 0 Å². The molecule has 0 heterocycles. The number of benzene rings is 3. The maximum absolute atomic E-state index is 13.2. The Balaban J connectivity index is 1.78. The number of carbonyl (C=O) groups excluding carboxylic acids is 4. The maximum atomic E-state index is 13.2. The SMILES string of the molecule is COC(=O)C(Cc1ccccc1)NC(=O)c1ccc(C(Cc2ccc(CNC(=O)OC(C)(C)C)cc2)NC(=O)OC(C)(C)C)cc1O. The summed E-state index contributed by atoms with van der Waals surface area (Å²) in [5, 5.41) is 19.2. The Morgan fingerprint density at radius 1 is 0.723 bits per heavy atom. The van der Waals surface area contributed by atoms with Crippen molar-refractivity contribution in [1.29, 1.82) is 0 Å². The minimum absolute atomic E-state index is 0.0476. The van der Waals surface area contributed by atoms with Crippen LogP contribution in [-0.2, 0) is 38.4 Å². The molecule has 0 aliphatic carbocycles. The normalized spacial score (nSPS) is 12.7. The summed E-state index contributed by atoms with van der Waals surface area (Å²) in [7, 11) is 1.24. The Morgan fingerprint density at radius 2 is 1.30 bits per heavy atom. The van der Waals surface area contributed by atoms with Gasteiger partial charge in [0.25, 0.3) is 5.91 Å². The lowest BCUT2D eigenvalue weighted by molar-refractivity contribution is -0.142. The van der Waals surface area contributed by atoms with E-state index in [2.05, 4.69) is 16.0 Å². The third-order valence-corrected chi connectivity index (χ3v) is 6.73. The van der Waals surface area contributed by atoms with Crippen LogP contribution in [0.15, 0.2) is 72.8 Å². The molecule has 47 heavy (non-hydrogen) atoms. The molecule has 0 spiro atoms. The van der Waals surface area contributed by atoms with E-state index in [1.807, 2.05) is 54.6 Å². The highest BCUT2D eigenvalue weighted by Crippen LogP contribution is 2.27. The van der Waals surface area contributed by atoms with Gasteiger partial charge in [0.15, 0.2) is 0 Å². The number of aromatic hydroxyl groups is 1. The first kappa shape index (κ1) is 36.4. The first-order chi connectivity index (χ1) is 22.0. The van der Waals surface area contributed by atoms with E-state index in [-0.39, 0.29) is 24.3 Å². The summed E-state index contributed by atoms with van der Waals surface area (Å²) < 4.78 is 15.6. The van der Waals surface area contributed by atoms with Crippen LogP contribution in [0.2, 0.25) is 0 Å². The van der Waals surface area contributed by atoms with E-state index in [1.54, 1.807) is 47.6 Å². The second kappa shape index (κ2) is 16.0. The minimum atomic E-state index is -0.974. The molecule has 3 aromatic carbocycles. The largest absolute Gasteiger partial charge is 0.507 e. The number of methoxy groups -OCH3 is 1. The van der Waals surface area contributed by atoms with Crippen LogP contribution in [0.5, 0.6) is 5.75 Å². The molecule has 0 radical (unpaired) electrons. The van der Waals surface area contributed by atoms with E-state index in [0.717, 1.165) is 16.7 Å². The fraction of sp³-hybridized carbons (Fsp3) is 0.389. The van der Waals surface area contributed by atoms with Gasteiger partial charge >= 0.3 is 18.2 Å². The predicted molar refractivity (Wildman–Crippen MR) is 177 cm³/mol. The Kier molecular flexibility index (Phi) is 12.4. The van der Waals surface area contributed by atoms with E-state index >= 15 is 0 Å². The second-order valence-corrected chi connectivity index (χ2v) is 13.1. The van der Waals surface area contributed by atoms with Crippen molar-refractivity contribution in [3.05, 3.63) is 101 Å². The Bertz CT molecular complexity index is 1530. The number of phenolic OH excluding ortho intramolecular Hbond substituents is 1. The van der Waals surface area contributed by atoms with Crippen LogP contribution in [0, 0.1) is 0 Å². The average Bonchev–Trinajstić information content (AvgIpc) is 2.98. The maximum Gasteiger partial charge on any atom is 0.408 e. The molecule has 4 N–H and O–H groups in total. The van der Waals surface area contributed by atoms with E-state index < -0.39 is 47.3 Å². The topological polar surface area (TPSA) is 152 Å². The lowest BCUT2D eigenvalue weighted by Gasteiger charge is -2.24. The number of esters is 1. The Labute approximate surface area is 276 Å². The Hall–Kier alpha value is -5.06. The number of hydrogen-bond acceptors (Lipinski definition) is 8. The minimum Gasteiger partial charge on any atom is -0.507 e. The standard InChI is InChI=1S/C36H45N3O8/c1-35(2,3)46-33(43)37-22-25-15-13-24(14-16-25)19-28(39-34(44)47-36(4,5)6)26-17-18-27(30(40)21-26)31(41)38-29(32(42)45-7)20-23-11-9-8-10-12-23/h8-18,21,28-29,40H,19-20,22H2,1-7H3,(H,37,43)(H,38,41)(H,39,44). The Morgan fingerprint density at radius 3 is 1.87 bits per heavy atom. The fourth-order valence-corrected chi connectivity index (χ4v) is 4.60. The van der Waals surface area contributed by atoms with Crippen LogP contribution < -0.4 is 16.0 Å². The molecule has 0 aliphatic heterocycles. The summed E-state index contributed by atoms with van der Waals surface area (Å²) in [5.74, 6) is -1.61. The number of nitrogens with one attached hydrogen (secondary N) is 3. The van der Waals surface area contributed by atoms with Crippen molar-refractivity contribution in [2.75, 3.05) is 7.11 Å². The van der Waals surface area contributed by atoms with Crippen LogP contribution in [-0.4, -0.2) is 53.5 Å². The molecule has 11 heteroatoms. The van der Waals surface area contributed by atoms with Crippen LogP contribution >= 0.6 is 0 Å². The molecule has 0 aliphatic rings. The second-order valence-electron chi connectivity index (χ2n) is 13.1. The number of phenols is 1. The molecule has 3 aromatic rings. The van der Waals surface area contributed by atoms with Crippen molar-refractivity contribution in [3.8, 4) is 5.75 Å². The predicted octanol–water partition coefficient (Wildman–Crippen LogP) is 5.74. The summed E-state index contributed by atoms with van der Waals surface area (Å²) in [5.41, 5.74) is 1.66. The third kappa shape index (κ3) is 12.3. The van der Waals surface area contributed by atoms with E-state index in [9.17, 15) is 24.3 Å². The van der Waals surface area contributed by atoms with Crippen LogP contribution in [0.25, 0.3) is 0 Å². The molecule has 0 bridgehead atoms. The zero-order valence-electron chi connectivity index (χ0n) is 28.0. The van der Waals surface area contributed by atoms with Crippen molar-refractivity contribution < 1.29 is 38.5 Å². The molecular weight excluding hydrogens is 602 g/mol. The van der Waals surface area contributed by atoms with Crippen molar-refractivity contribution >= 4 is 24.1 Å². The molecule has 2 atom stereocenters. The van der Waals surface area contributed by atoms with Gasteiger partial charge < -0.3 is 35.3 Å². The monoisotopic (exact) mass is 647 g/mol. The van der Waals surface area contributed by atoms with Crippen LogP contribution in [0.1, 0.15) is 80.2 Å². The number of hydrogen-bond donors (Lipinski definition) is 4. The highest BCUT2D eigenvalue weighted by molar-refractivity contribution is 5.99. The fourth-order valence-electron chi connectivity index (χ4n) is 4.60. The molecule has 0 fully saturated rings. The number of amides is 3. The summed E-state index contributed by atoms with van der Waals surface area (Å²) in [4.78, 5) is 50.5. The number of ether oxygens (including phenoxy) is 3. The van der Waals surface area contributed by atoms with Gasteiger partial charge in [-0.25, -0.2) is 14.4 Å². The van der Waals surface area contributed by atoms with E-state index in [0.29, 0.717) is 12.0 Å². The third-order valence-electron chi connectivity index (χ3n) is 6.73. The average molecular weight is 648 g/mol. The van der Waals surface area contributed by atoms with E-state index in [1.165, 1.54) is 19.2 Å². The molecule has 0 aromatic heterocycles. The van der Waals surface area contributed by atoms with Crippen molar-refractivity contribution in [3.63, 3.8) is 0 Å². The molecule has 0 saturated heterocycles. The summed E-state index contributed by atoms with van der Waals surface area (Å²) in [6.45, 7) is 10.9. The number of alkyl carbamates (subject to hydrolysis) is 2. The van der Waals surface area contributed by atoms with Gasteiger partial charge in [0.1, 0.15) is 23.0 Å². The summed E-state index contributed by atoms with van der Waals surface area (Å²) in [6.07, 6.45) is -0.637. The zero-order chi connectivity index (χ0) is 34.8. The molecule has 3 amide bonds. The number of carbonyl (C=O) groups is 4. The van der Waals surface area contributed by atoms with Crippen molar-refractivity contribution in [1.82, 2.24) is 16.0 Å². The lowest BCUT2D eigenvalue weighted by atomic mass is 9.96. The van der Waals surface area contributed by atoms with Crippen molar-refractivity contribution in [2.45, 2.75) is 84.2 Å². The molecule has 0 saturated carbocycles. The van der Waals surface area contributed by atoms with Gasteiger partial charge in [-0.05, 0) is 82.3 Å². The quantitative estimate of drug-likeness (QED) is 0.152. The molecule has 252 valence electrons. The first-order valence-corrected chi connectivity index (χ1v) is 15.3. The van der Waals surface area contributed by atoms with Gasteiger partial charge in [0.2, 0.25) is 0 Å². The zero-order valence-corrected chi connectivity index (χ0v) is 28.0. The van der Waals surface area contributed by atoms with E-state index in [4.69, 9.17) is 14.2 Å². The summed E-state index contributed by atoms with van der Waals surface area (Å²) in [6, 6.07) is 19.5.